The van der Waals surface area contributed by atoms with Crippen LogP contribution in [-0.2, 0) is 4.79 Å². The molecule has 2 fully saturated rings. The summed E-state index contributed by atoms with van der Waals surface area (Å²) in [6, 6.07) is 0.832. The molecule has 0 bridgehead atoms. The van der Waals surface area contributed by atoms with E-state index in [0.717, 1.165) is 31.3 Å². The summed E-state index contributed by atoms with van der Waals surface area (Å²) in [6.07, 6.45) is 9.81. The molecular formula is C16H30N2O2. The van der Waals surface area contributed by atoms with E-state index in [1.165, 1.54) is 38.6 Å². The van der Waals surface area contributed by atoms with Gasteiger partial charge in [-0.15, -0.1) is 0 Å². The number of piperidine rings is 1. The number of rotatable bonds is 7. The third-order valence-corrected chi connectivity index (χ3v) is 5.50. The number of nitrogens with zero attached hydrogens (tertiary/aromatic N) is 1. The zero-order valence-electron chi connectivity index (χ0n) is 13.0. The molecule has 2 aliphatic rings. The summed E-state index contributed by atoms with van der Waals surface area (Å²) >= 11 is 0. The van der Waals surface area contributed by atoms with Crippen molar-refractivity contribution < 1.29 is 9.90 Å². The van der Waals surface area contributed by atoms with Crippen LogP contribution in [0.5, 0.6) is 0 Å². The van der Waals surface area contributed by atoms with E-state index >= 15 is 0 Å². The Kier molecular flexibility index (Phi) is 5.44. The van der Waals surface area contributed by atoms with E-state index in [2.05, 4.69) is 10.2 Å². The second-order valence-corrected chi connectivity index (χ2v) is 6.78. The summed E-state index contributed by atoms with van der Waals surface area (Å²) in [7, 11) is 1.74. The van der Waals surface area contributed by atoms with Gasteiger partial charge in [-0.25, -0.2) is 0 Å². The Hall–Kier alpha value is -0.610. The molecular weight excluding hydrogens is 252 g/mol. The Morgan fingerprint density at radius 1 is 1.30 bits per heavy atom. The molecule has 1 saturated heterocycles. The van der Waals surface area contributed by atoms with E-state index < -0.39 is 11.5 Å². The van der Waals surface area contributed by atoms with Crippen LogP contribution in [0, 0.1) is 5.92 Å². The van der Waals surface area contributed by atoms with Crippen molar-refractivity contribution >= 4 is 5.97 Å². The van der Waals surface area contributed by atoms with E-state index in [-0.39, 0.29) is 0 Å². The largest absolute Gasteiger partial charge is 0.480 e. The lowest BCUT2D eigenvalue weighted by molar-refractivity contribution is -0.144. The Labute approximate surface area is 122 Å². The number of carbonyl (C=O) groups is 1. The summed E-state index contributed by atoms with van der Waals surface area (Å²) in [6.45, 7) is 4.19. The lowest BCUT2D eigenvalue weighted by atomic mass is 9.91. The van der Waals surface area contributed by atoms with Crippen molar-refractivity contribution in [2.24, 2.45) is 5.92 Å². The molecule has 4 nitrogen and oxygen atoms in total. The van der Waals surface area contributed by atoms with Crippen LogP contribution in [-0.4, -0.2) is 47.7 Å². The monoisotopic (exact) mass is 282 g/mol. The van der Waals surface area contributed by atoms with Crippen molar-refractivity contribution in [3.05, 3.63) is 0 Å². The van der Waals surface area contributed by atoms with Crippen molar-refractivity contribution in [3.8, 4) is 0 Å². The lowest BCUT2D eigenvalue weighted by Crippen LogP contribution is -2.47. The number of likely N-dealkylation sites (N-methyl/N-ethyl adjacent to an activating group) is 1. The highest BCUT2D eigenvalue weighted by molar-refractivity contribution is 5.78. The number of likely N-dealkylation sites (tertiary alicyclic amines) is 1. The fourth-order valence-corrected chi connectivity index (χ4v) is 3.97. The van der Waals surface area contributed by atoms with Gasteiger partial charge in [0.25, 0.3) is 0 Å². The van der Waals surface area contributed by atoms with Crippen LogP contribution in [0.2, 0.25) is 0 Å². The predicted octanol–water partition coefficient (Wildman–Crippen LogP) is 2.48. The van der Waals surface area contributed by atoms with Gasteiger partial charge in [0.05, 0.1) is 0 Å². The van der Waals surface area contributed by atoms with Crippen LogP contribution < -0.4 is 5.32 Å². The van der Waals surface area contributed by atoms with Crippen molar-refractivity contribution in [3.63, 3.8) is 0 Å². The average molecular weight is 282 g/mol. The van der Waals surface area contributed by atoms with Gasteiger partial charge in [-0.3, -0.25) is 4.79 Å². The molecule has 0 amide bonds. The van der Waals surface area contributed by atoms with Crippen LogP contribution in [0.25, 0.3) is 0 Å². The summed E-state index contributed by atoms with van der Waals surface area (Å²) in [5, 5.41) is 12.2. The van der Waals surface area contributed by atoms with Crippen molar-refractivity contribution in [1.29, 1.82) is 0 Å². The van der Waals surface area contributed by atoms with Gasteiger partial charge in [-0.05, 0) is 77.9 Å². The average Bonchev–Trinajstić information content (AvgIpc) is 2.92. The molecule has 4 heteroatoms. The van der Waals surface area contributed by atoms with Gasteiger partial charge in [-0.1, -0.05) is 6.42 Å². The van der Waals surface area contributed by atoms with Gasteiger partial charge in [0, 0.05) is 6.04 Å². The number of carboxylic acids is 1. The zero-order chi connectivity index (χ0) is 14.6. The number of carboxylic acid groups (broad SMARTS) is 1. The summed E-state index contributed by atoms with van der Waals surface area (Å²) in [5.74, 6) is 0.208. The molecule has 3 atom stereocenters. The first-order chi connectivity index (χ1) is 9.57. The summed E-state index contributed by atoms with van der Waals surface area (Å²) in [4.78, 5) is 13.9. The molecule has 1 saturated carbocycles. The molecule has 1 heterocycles. The van der Waals surface area contributed by atoms with Gasteiger partial charge >= 0.3 is 5.97 Å². The minimum absolute atomic E-state index is 0.709. The highest BCUT2D eigenvalue weighted by atomic mass is 16.4. The first-order valence-corrected chi connectivity index (χ1v) is 8.23. The molecule has 0 aromatic heterocycles. The topological polar surface area (TPSA) is 52.6 Å². The normalized spacial score (nSPS) is 29.9. The third kappa shape index (κ3) is 3.53. The van der Waals surface area contributed by atoms with Crippen LogP contribution in [0.1, 0.15) is 58.3 Å². The minimum atomic E-state index is -0.766. The fraction of sp³-hybridized carbons (Fsp3) is 0.938. The number of aliphatic carboxylic acids is 1. The maximum atomic E-state index is 11.2. The van der Waals surface area contributed by atoms with Gasteiger partial charge in [0.2, 0.25) is 0 Å². The van der Waals surface area contributed by atoms with Gasteiger partial charge < -0.3 is 15.3 Å². The van der Waals surface area contributed by atoms with Crippen molar-refractivity contribution in [2.75, 3.05) is 20.1 Å². The maximum absolute atomic E-state index is 11.2. The molecule has 0 aromatic carbocycles. The van der Waals surface area contributed by atoms with E-state index in [1.807, 2.05) is 0 Å². The molecule has 2 N–H and O–H groups in total. The zero-order valence-corrected chi connectivity index (χ0v) is 13.0. The molecule has 20 heavy (non-hydrogen) atoms. The summed E-state index contributed by atoms with van der Waals surface area (Å²) in [5.41, 5.74) is -0.766. The van der Waals surface area contributed by atoms with E-state index in [1.54, 1.807) is 14.0 Å². The minimum Gasteiger partial charge on any atom is -0.480 e. The Morgan fingerprint density at radius 2 is 2.05 bits per heavy atom. The molecule has 0 radical (unpaired) electrons. The van der Waals surface area contributed by atoms with Crippen molar-refractivity contribution in [1.82, 2.24) is 10.2 Å². The standard InChI is InChI=1S/C16H30N2O2/c1-16(17-2,15(19)20)10-3-4-11-18-12-6-8-13-7-5-9-14(13)18/h13-14,17H,3-12H2,1-2H3,(H,19,20). The third-order valence-electron chi connectivity index (χ3n) is 5.50. The number of nitrogens with one attached hydrogen (secondary N) is 1. The van der Waals surface area contributed by atoms with Gasteiger partial charge in [0.15, 0.2) is 0 Å². The fourth-order valence-electron chi connectivity index (χ4n) is 3.97. The molecule has 116 valence electrons. The smallest absolute Gasteiger partial charge is 0.323 e. The van der Waals surface area contributed by atoms with Crippen LogP contribution in [0.4, 0.5) is 0 Å². The first kappa shape index (κ1) is 15.8. The predicted molar refractivity (Wildman–Crippen MR) is 80.9 cm³/mol. The van der Waals surface area contributed by atoms with Gasteiger partial charge in [0.1, 0.15) is 5.54 Å². The highest BCUT2D eigenvalue weighted by Crippen LogP contribution is 2.36. The van der Waals surface area contributed by atoms with E-state index in [0.29, 0.717) is 6.42 Å². The van der Waals surface area contributed by atoms with Crippen molar-refractivity contribution in [2.45, 2.75) is 69.9 Å². The number of unbranched alkanes of at least 4 members (excludes halogenated alkanes) is 1. The second kappa shape index (κ2) is 6.90. The molecule has 3 unspecified atom stereocenters. The number of fused-ring (bicyclic) bond motifs is 1. The molecule has 0 spiro atoms. The number of hydrogen-bond donors (Lipinski definition) is 2. The van der Waals surface area contributed by atoms with E-state index in [9.17, 15) is 9.90 Å². The second-order valence-electron chi connectivity index (χ2n) is 6.78. The van der Waals surface area contributed by atoms with Gasteiger partial charge in [-0.2, -0.15) is 0 Å². The highest BCUT2D eigenvalue weighted by Gasteiger charge is 2.35. The first-order valence-electron chi connectivity index (χ1n) is 8.23. The van der Waals surface area contributed by atoms with E-state index in [4.69, 9.17) is 0 Å². The molecule has 2 rings (SSSR count). The SMILES string of the molecule is CNC(C)(CCCCN1CCCC2CCCC21)C(=O)O. The molecule has 0 aromatic rings. The van der Waals surface area contributed by atoms with Crippen LogP contribution in [0.15, 0.2) is 0 Å². The Balaban J connectivity index is 1.71. The Morgan fingerprint density at radius 3 is 2.75 bits per heavy atom. The Bertz CT molecular complexity index is 334. The summed E-state index contributed by atoms with van der Waals surface area (Å²) < 4.78 is 0. The van der Waals surface area contributed by atoms with Crippen LogP contribution >= 0.6 is 0 Å². The quantitative estimate of drug-likeness (QED) is 0.704. The lowest BCUT2D eigenvalue weighted by Gasteiger charge is -2.38. The number of hydrogen-bond acceptors (Lipinski definition) is 3. The maximum Gasteiger partial charge on any atom is 0.323 e. The molecule has 1 aliphatic heterocycles. The van der Waals surface area contributed by atoms with Crippen LogP contribution in [0.3, 0.4) is 0 Å². The molecule has 1 aliphatic carbocycles.